The Morgan fingerprint density at radius 2 is 2.00 bits per heavy atom. The van der Waals surface area contributed by atoms with E-state index in [4.69, 9.17) is 10.5 Å². The Kier molecular flexibility index (Phi) is 9.60. The van der Waals surface area contributed by atoms with Gasteiger partial charge in [-0.2, -0.15) is 0 Å². The van der Waals surface area contributed by atoms with E-state index < -0.39 is 0 Å². The number of benzene rings is 1. The van der Waals surface area contributed by atoms with Gasteiger partial charge in [-0.1, -0.05) is 15.9 Å². The smallest absolute Gasteiger partial charge is 0.222 e. The molecule has 1 fully saturated rings. The van der Waals surface area contributed by atoms with Crippen molar-refractivity contribution in [2.45, 2.75) is 44.6 Å². The molecule has 1 saturated heterocycles. The molecule has 0 radical (unpaired) electrons. The molecule has 1 amide bonds. The van der Waals surface area contributed by atoms with E-state index in [0.717, 1.165) is 42.5 Å². The van der Waals surface area contributed by atoms with Crippen LogP contribution in [-0.4, -0.2) is 36.5 Å². The summed E-state index contributed by atoms with van der Waals surface area (Å²) in [5.41, 5.74) is 5.77. The second-order valence-corrected chi connectivity index (χ2v) is 6.65. The quantitative estimate of drug-likeness (QED) is 0.703. The Morgan fingerprint density at radius 3 is 2.70 bits per heavy atom. The van der Waals surface area contributed by atoms with Crippen molar-refractivity contribution in [2.24, 2.45) is 5.73 Å². The summed E-state index contributed by atoms with van der Waals surface area (Å²) in [6.07, 6.45) is 5.70. The second kappa shape index (κ2) is 10.9. The molecule has 0 saturated carbocycles. The summed E-state index contributed by atoms with van der Waals surface area (Å²) in [7, 11) is 0. The molecular weight excluding hydrogens is 380 g/mol. The van der Waals surface area contributed by atoms with Crippen LogP contribution in [0.1, 0.15) is 38.5 Å². The van der Waals surface area contributed by atoms with Crippen LogP contribution >= 0.6 is 28.3 Å². The lowest BCUT2D eigenvalue weighted by Crippen LogP contribution is -2.47. The minimum absolute atomic E-state index is 0. The van der Waals surface area contributed by atoms with E-state index in [1.165, 1.54) is 6.42 Å². The topological polar surface area (TPSA) is 55.6 Å². The zero-order chi connectivity index (χ0) is 15.8. The average molecular weight is 406 g/mol. The van der Waals surface area contributed by atoms with Gasteiger partial charge in [0.1, 0.15) is 5.75 Å². The summed E-state index contributed by atoms with van der Waals surface area (Å²) >= 11 is 3.40. The number of carbonyl (C=O) groups excluding carboxylic acids is 1. The van der Waals surface area contributed by atoms with Crippen molar-refractivity contribution in [2.75, 3.05) is 19.7 Å². The highest BCUT2D eigenvalue weighted by molar-refractivity contribution is 9.10. The van der Waals surface area contributed by atoms with Gasteiger partial charge in [-0.15, -0.1) is 12.4 Å². The highest BCUT2D eigenvalue weighted by Gasteiger charge is 2.24. The lowest BCUT2D eigenvalue weighted by molar-refractivity contribution is -0.134. The van der Waals surface area contributed by atoms with E-state index in [1.807, 2.05) is 29.2 Å². The van der Waals surface area contributed by atoms with Crippen molar-refractivity contribution in [3.8, 4) is 5.75 Å². The van der Waals surface area contributed by atoms with Crippen LogP contribution in [0.3, 0.4) is 0 Å². The minimum Gasteiger partial charge on any atom is -0.494 e. The van der Waals surface area contributed by atoms with Gasteiger partial charge in [0.25, 0.3) is 0 Å². The molecule has 23 heavy (non-hydrogen) atoms. The first kappa shape index (κ1) is 20.3. The number of halogens is 2. The molecular formula is C17H26BrClN2O2. The van der Waals surface area contributed by atoms with Crippen LogP contribution in [-0.2, 0) is 4.79 Å². The van der Waals surface area contributed by atoms with Crippen molar-refractivity contribution in [3.63, 3.8) is 0 Å². The molecule has 0 spiro atoms. The minimum atomic E-state index is 0. The Labute approximate surface area is 153 Å². The molecule has 130 valence electrons. The molecule has 6 heteroatoms. The number of hydrogen-bond donors (Lipinski definition) is 1. The number of carbonyl (C=O) groups is 1. The average Bonchev–Trinajstić information content (AvgIpc) is 2.56. The van der Waals surface area contributed by atoms with Crippen LogP contribution in [0.5, 0.6) is 5.75 Å². The molecule has 1 aromatic carbocycles. The zero-order valence-electron chi connectivity index (χ0n) is 13.4. The molecule has 0 aliphatic carbocycles. The first-order chi connectivity index (χ1) is 10.7. The highest BCUT2D eigenvalue weighted by atomic mass is 79.9. The molecule has 0 bridgehead atoms. The number of nitrogens with zero attached hydrogens (tertiary/aromatic N) is 1. The van der Waals surface area contributed by atoms with E-state index in [1.54, 1.807) is 0 Å². The zero-order valence-corrected chi connectivity index (χ0v) is 15.8. The molecule has 4 nitrogen and oxygen atoms in total. The standard InChI is InChI=1S/C17H25BrN2O2.ClH/c18-14-7-9-16(10-8-14)22-12-4-2-6-17(21)20-11-3-1-5-15(20)13-19;/h7-10,15H,1-6,11-13,19H2;1H. The fraction of sp³-hybridized carbons (Fsp3) is 0.588. The predicted molar refractivity (Wildman–Crippen MR) is 99.1 cm³/mol. The van der Waals surface area contributed by atoms with Gasteiger partial charge < -0.3 is 15.4 Å². The fourth-order valence-corrected chi connectivity index (χ4v) is 3.08. The third-order valence-electron chi connectivity index (χ3n) is 4.09. The van der Waals surface area contributed by atoms with Crippen molar-refractivity contribution in [3.05, 3.63) is 28.7 Å². The number of hydrogen-bond acceptors (Lipinski definition) is 3. The van der Waals surface area contributed by atoms with Crippen LogP contribution in [0, 0.1) is 0 Å². The summed E-state index contributed by atoms with van der Waals surface area (Å²) in [6, 6.07) is 8.05. The number of ether oxygens (including phenoxy) is 1. The number of likely N-dealkylation sites (tertiary alicyclic amines) is 1. The number of unbranched alkanes of at least 4 members (excludes halogenated alkanes) is 1. The van der Waals surface area contributed by atoms with Gasteiger partial charge >= 0.3 is 0 Å². The van der Waals surface area contributed by atoms with E-state index in [9.17, 15) is 4.79 Å². The molecule has 1 heterocycles. The predicted octanol–water partition coefficient (Wildman–Crippen LogP) is 3.76. The first-order valence-corrected chi connectivity index (χ1v) is 8.88. The van der Waals surface area contributed by atoms with Crippen molar-refractivity contribution in [1.82, 2.24) is 4.90 Å². The van der Waals surface area contributed by atoms with Crippen molar-refractivity contribution in [1.29, 1.82) is 0 Å². The van der Waals surface area contributed by atoms with Gasteiger partial charge in [0, 0.05) is 30.0 Å². The van der Waals surface area contributed by atoms with Gasteiger partial charge in [0.15, 0.2) is 0 Å². The normalized spacial score (nSPS) is 17.5. The number of nitrogens with two attached hydrogens (primary N) is 1. The third kappa shape index (κ3) is 6.69. The molecule has 0 aromatic heterocycles. The molecule has 1 aromatic rings. The van der Waals surface area contributed by atoms with Gasteiger partial charge in [0.2, 0.25) is 5.91 Å². The summed E-state index contributed by atoms with van der Waals surface area (Å²) in [5, 5.41) is 0. The number of amides is 1. The van der Waals surface area contributed by atoms with E-state index >= 15 is 0 Å². The molecule has 1 unspecified atom stereocenters. The third-order valence-corrected chi connectivity index (χ3v) is 4.62. The summed E-state index contributed by atoms with van der Waals surface area (Å²) in [4.78, 5) is 14.2. The molecule has 2 N–H and O–H groups in total. The van der Waals surface area contributed by atoms with Gasteiger partial charge in [-0.25, -0.2) is 0 Å². The fourth-order valence-electron chi connectivity index (χ4n) is 2.82. The lowest BCUT2D eigenvalue weighted by Gasteiger charge is -2.35. The number of piperidine rings is 1. The first-order valence-electron chi connectivity index (χ1n) is 8.08. The van der Waals surface area contributed by atoms with Crippen LogP contribution in [0.2, 0.25) is 0 Å². The van der Waals surface area contributed by atoms with Crippen molar-refractivity contribution >= 4 is 34.2 Å². The maximum absolute atomic E-state index is 12.3. The molecule has 1 atom stereocenters. The monoisotopic (exact) mass is 404 g/mol. The molecule has 2 rings (SSSR count). The Morgan fingerprint density at radius 1 is 1.26 bits per heavy atom. The van der Waals surface area contributed by atoms with Gasteiger partial charge in [-0.05, 0) is 56.4 Å². The maximum Gasteiger partial charge on any atom is 0.222 e. The largest absolute Gasteiger partial charge is 0.494 e. The second-order valence-electron chi connectivity index (χ2n) is 5.73. The lowest BCUT2D eigenvalue weighted by atomic mass is 10.0. The van der Waals surface area contributed by atoms with Gasteiger partial charge in [0.05, 0.1) is 6.61 Å². The maximum atomic E-state index is 12.3. The number of rotatable bonds is 7. The summed E-state index contributed by atoms with van der Waals surface area (Å²) < 4.78 is 6.71. The Bertz CT molecular complexity index is 470. The Balaban J connectivity index is 0.00000264. The van der Waals surface area contributed by atoms with Crippen LogP contribution in [0.4, 0.5) is 0 Å². The molecule has 1 aliphatic heterocycles. The van der Waals surface area contributed by atoms with E-state index in [-0.39, 0.29) is 24.4 Å². The summed E-state index contributed by atoms with van der Waals surface area (Å²) in [6.45, 7) is 2.10. The van der Waals surface area contributed by atoms with Gasteiger partial charge in [-0.3, -0.25) is 4.79 Å². The van der Waals surface area contributed by atoms with E-state index in [0.29, 0.717) is 19.6 Å². The highest BCUT2D eigenvalue weighted by Crippen LogP contribution is 2.18. The van der Waals surface area contributed by atoms with Crippen molar-refractivity contribution < 1.29 is 9.53 Å². The summed E-state index contributed by atoms with van der Waals surface area (Å²) in [5.74, 6) is 1.12. The van der Waals surface area contributed by atoms with Crippen LogP contribution in [0.15, 0.2) is 28.7 Å². The SMILES string of the molecule is Cl.NCC1CCCCN1C(=O)CCCCOc1ccc(Br)cc1. The molecule has 1 aliphatic rings. The van der Waals surface area contributed by atoms with Crippen LogP contribution in [0.25, 0.3) is 0 Å². The van der Waals surface area contributed by atoms with E-state index in [2.05, 4.69) is 15.9 Å². The Hall–Kier alpha value is -0.780. The van der Waals surface area contributed by atoms with Crippen LogP contribution < -0.4 is 10.5 Å².